The Kier molecular flexibility index (Phi) is 5.58. The number of thioether (sulfide) groups is 1. The molecule has 4 rings (SSSR count). The van der Waals surface area contributed by atoms with Crippen molar-refractivity contribution >= 4 is 22.7 Å². The molecule has 0 saturated heterocycles. The van der Waals surface area contributed by atoms with Gasteiger partial charge in [0.2, 0.25) is 5.89 Å². The first-order valence-corrected chi connectivity index (χ1v) is 10.8. The van der Waals surface area contributed by atoms with Crippen molar-refractivity contribution in [3.63, 3.8) is 0 Å². The lowest BCUT2D eigenvalue weighted by Crippen LogP contribution is -2.22. The standard InChI is InChI=1S/C23H24N4O3S/c1-14(19-25-21(26-30-19)23(2,3)4)31-22-24-18-12-7-6-11-17(18)20(28)27(22)15-9-8-10-16(13-15)29-5/h6-14H,1-5H3. The minimum absolute atomic E-state index is 0.144. The Balaban J connectivity index is 1.82. The number of rotatable bonds is 5. The summed E-state index contributed by atoms with van der Waals surface area (Å²) in [5, 5.41) is 5.01. The molecule has 0 bridgehead atoms. The molecule has 2 aromatic carbocycles. The molecule has 8 heteroatoms. The van der Waals surface area contributed by atoms with Gasteiger partial charge in [-0.2, -0.15) is 4.98 Å². The monoisotopic (exact) mass is 436 g/mol. The Bertz CT molecular complexity index is 1290. The number of fused-ring (bicyclic) bond motifs is 1. The maximum atomic E-state index is 13.4. The van der Waals surface area contributed by atoms with Crippen LogP contribution < -0.4 is 10.3 Å². The molecule has 2 heterocycles. The fraction of sp³-hybridized carbons (Fsp3) is 0.304. The highest BCUT2D eigenvalue weighted by molar-refractivity contribution is 7.99. The van der Waals surface area contributed by atoms with Gasteiger partial charge in [0.1, 0.15) is 5.75 Å². The largest absolute Gasteiger partial charge is 0.497 e. The maximum Gasteiger partial charge on any atom is 0.266 e. The molecule has 0 aliphatic rings. The van der Waals surface area contributed by atoms with Crippen LogP contribution >= 0.6 is 11.8 Å². The Morgan fingerprint density at radius 2 is 1.87 bits per heavy atom. The Hall–Kier alpha value is -3.13. The second-order valence-corrected chi connectivity index (χ2v) is 9.53. The van der Waals surface area contributed by atoms with Crippen LogP contribution in [0.3, 0.4) is 0 Å². The van der Waals surface area contributed by atoms with E-state index in [-0.39, 0.29) is 16.2 Å². The van der Waals surface area contributed by atoms with E-state index >= 15 is 0 Å². The van der Waals surface area contributed by atoms with Crippen LogP contribution in [0.1, 0.15) is 44.7 Å². The summed E-state index contributed by atoms with van der Waals surface area (Å²) >= 11 is 1.40. The summed E-state index contributed by atoms with van der Waals surface area (Å²) < 4.78 is 12.5. The van der Waals surface area contributed by atoms with Crippen LogP contribution in [0, 0.1) is 0 Å². The van der Waals surface area contributed by atoms with E-state index < -0.39 is 0 Å². The molecular weight excluding hydrogens is 412 g/mol. The second kappa shape index (κ2) is 8.19. The van der Waals surface area contributed by atoms with Gasteiger partial charge in [0.15, 0.2) is 11.0 Å². The third-order valence-corrected chi connectivity index (χ3v) is 5.84. The van der Waals surface area contributed by atoms with Gasteiger partial charge in [-0.3, -0.25) is 9.36 Å². The molecule has 31 heavy (non-hydrogen) atoms. The van der Waals surface area contributed by atoms with E-state index in [1.807, 2.05) is 70.2 Å². The molecular formula is C23H24N4O3S. The third-order valence-electron chi connectivity index (χ3n) is 4.80. The molecule has 1 atom stereocenters. The first kappa shape index (κ1) is 21.1. The van der Waals surface area contributed by atoms with Gasteiger partial charge in [0.25, 0.3) is 5.56 Å². The highest BCUT2D eigenvalue weighted by atomic mass is 32.2. The average molecular weight is 437 g/mol. The molecule has 7 nitrogen and oxygen atoms in total. The number of hydrogen-bond acceptors (Lipinski definition) is 7. The maximum absolute atomic E-state index is 13.4. The summed E-state index contributed by atoms with van der Waals surface area (Å²) in [6.45, 7) is 8.06. The van der Waals surface area contributed by atoms with Crippen LogP contribution in [0.25, 0.3) is 16.6 Å². The number of methoxy groups -OCH3 is 1. The third kappa shape index (κ3) is 4.20. The lowest BCUT2D eigenvalue weighted by atomic mass is 9.96. The summed E-state index contributed by atoms with van der Waals surface area (Å²) in [5.41, 5.74) is 0.964. The molecule has 0 aliphatic carbocycles. The molecule has 1 unspecified atom stereocenters. The number of benzene rings is 2. The van der Waals surface area contributed by atoms with Gasteiger partial charge in [-0.1, -0.05) is 55.9 Å². The van der Waals surface area contributed by atoms with Gasteiger partial charge in [-0.15, -0.1) is 0 Å². The zero-order valence-corrected chi connectivity index (χ0v) is 18.9. The average Bonchev–Trinajstić information content (AvgIpc) is 3.25. The number of aromatic nitrogens is 4. The van der Waals surface area contributed by atoms with Crippen LogP contribution in [0.5, 0.6) is 5.75 Å². The van der Waals surface area contributed by atoms with Crippen LogP contribution in [0.15, 0.2) is 63.0 Å². The summed E-state index contributed by atoms with van der Waals surface area (Å²) in [6, 6.07) is 14.7. The smallest absolute Gasteiger partial charge is 0.266 e. The second-order valence-electron chi connectivity index (χ2n) is 8.22. The molecule has 0 fully saturated rings. The molecule has 0 saturated carbocycles. The van der Waals surface area contributed by atoms with Crippen molar-refractivity contribution in [2.75, 3.05) is 7.11 Å². The van der Waals surface area contributed by atoms with Crippen molar-refractivity contribution in [2.45, 2.75) is 43.5 Å². The van der Waals surface area contributed by atoms with Crippen LogP contribution in [0.4, 0.5) is 0 Å². The zero-order valence-electron chi connectivity index (χ0n) is 18.1. The van der Waals surface area contributed by atoms with Crippen LogP contribution in [0.2, 0.25) is 0 Å². The van der Waals surface area contributed by atoms with Crippen molar-refractivity contribution in [1.29, 1.82) is 0 Å². The normalized spacial score (nSPS) is 12.8. The van der Waals surface area contributed by atoms with Gasteiger partial charge in [-0.05, 0) is 31.2 Å². The highest BCUT2D eigenvalue weighted by Gasteiger charge is 2.25. The first-order chi connectivity index (χ1) is 14.8. The molecule has 160 valence electrons. The fourth-order valence-electron chi connectivity index (χ4n) is 3.08. The zero-order chi connectivity index (χ0) is 22.2. The molecule has 0 aliphatic heterocycles. The summed E-state index contributed by atoms with van der Waals surface area (Å²) in [6.07, 6.45) is 0. The molecule has 2 aromatic heterocycles. The van der Waals surface area contributed by atoms with E-state index in [9.17, 15) is 4.79 Å². The van der Waals surface area contributed by atoms with E-state index in [0.717, 1.165) is 0 Å². The number of nitrogens with zero attached hydrogens (tertiary/aromatic N) is 4. The van der Waals surface area contributed by atoms with Gasteiger partial charge in [-0.25, -0.2) is 4.98 Å². The minimum Gasteiger partial charge on any atom is -0.497 e. The SMILES string of the molecule is COc1cccc(-n2c(SC(C)c3nc(C(C)(C)C)no3)nc3ccccc3c2=O)c1. The predicted octanol–water partition coefficient (Wildman–Crippen LogP) is 4.93. The fourth-order valence-corrected chi connectivity index (χ4v) is 4.04. The molecule has 0 amide bonds. The number of hydrogen-bond donors (Lipinski definition) is 0. The Labute approximate surface area is 184 Å². The molecule has 0 N–H and O–H groups in total. The summed E-state index contributed by atoms with van der Waals surface area (Å²) in [7, 11) is 1.60. The minimum atomic E-state index is -0.212. The first-order valence-electron chi connectivity index (χ1n) is 9.95. The van der Waals surface area contributed by atoms with Gasteiger partial charge in [0, 0.05) is 11.5 Å². The quantitative estimate of drug-likeness (QED) is 0.324. The van der Waals surface area contributed by atoms with Crippen molar-refractivity contribution in [2.24, 2.45) is 0 Å². The predicted molar refractivity (Wildman–Crippen MR) is 121 cm³/mol. The topological polar surface area (TPSA) is 83.0 Å². The van der Waals surface area contributed by atoms with Crippen molar-refractivity contribution in [3.05, 3.63) is 70.6 Å². The van der Waals surface area contributed by atoms with Crippen molar-refractivity contribution < 1.29 is 9.26 Å². The number of para-hydroxylation sites is 1. The lowest BCUT2D eigenvalue weighted by Gasteiger charge is -2.15. The van der Waals surface area contributed by atoms with Gasteiger partial charge < -0.3 is 9.26 Å². The Morgan fingerprint density at radius 3 is 2.58 bits per heavy atom. The molecule has 4 aromatic rings. The van der Waals surface area contributed by atoms with E-state index in [0.29, 0.717) is 39.2 Å². The summed E-state index contributed by atoms with van der Waals surface area (Å²) in [5.74, 6) is 1.80. The lowest BCUT2D eigenvalue weighted by molar-refractivity contribution is 0.364. The van der Waals surface area contributed by atoms with Crippen molar-refractivity contribution in [3.8, 4) is 11.4 Å². The van der Waals surface area contributed by atoms with Crippen LogP contribution in [-0.2, 0) is 5.41 Å². The number of ether oxygens (including phenoxy) is 1. The van der Waals surface area contributed by atoms with E-state index in [4.69, 9.17) is 14.2 Å². The summed E-state index contributed by atoms with van der Waals surface area (Å²) in [4.78, 5) is 22.8. The van der Waals surface area contributed by atoms with Crippen LogP contribution in [-0.4, -0.2) is 26.8 Å². The van der Waals surface area contributed by atoms with E-state index in [2.05, 4.69) is 10.1 Å². The van der Waals surface area contributed by atoms with Gasteiger partial charge >= 0.3 is 0 Å². The molecule has 0 radical (unpaired) electrons. The van der Waals surface area contributed by atoms with Crippen molar-refractivity contribution in [1.82, 2.24) is 19.7 Å². The highest BCUT2D eigenvalue weighted by Crippen LogP contribution is 2.35. The van der Waals surface area contributed by atoms with E-state index in [1.54, 1.807) is 17.7 Å². The van der Waals surface area contributed by atoms with Gasteiger partial charge in [0.05, 0.1) is 29.0 Å². The Morgan fingerprint density at radius 1 is 1.10 bits per heavy atom. The molecule has 0 spiro atoms. The van der Waals surface area contributed by atoms with E-state index in [1.165, 1.54) is 11.8 Å².